The van der Waals surface area contributed by atoms with Crippen molar-refractivity contribution >= 4 is 0 Å². The molecule has 3 nitrogen and oxygen atoms in total. The molecule has 0 amide bonds. The molecular weight excluding hydrogens is 214 g/mol. The molecule has 3 heteroatoms. The zero-order chi connectivity index (χ0) is 12.3. The third-order valence-corrected chi connectivity index (χ3v) is 4.59. The van der Waals surface area contributed by atoms with Gasteiger partial charge in [-0.05, 0) is 45.1 Å². The highest BCUT2D eigenvalue weighted by Crippen LogP contribution is 2.29. The minimum absolute atomic E-state index is 0.0257. The second-order valence-corrected chi connectivity index (χ2v) is 6.10. The van der Waals surface area contributed by atoms with Gasteiger partial charge in [-0.1, -0.05) is 12.8 Å². The van der Waals surface area contributed by atoms with Crippen molar-refractivity contribution in [2.24, 2.45) is 5.92 Å². The summed E-state index contributed by atoms with van der Waals surface area (Å²) >= 11 is 0. The number of hydrogen-bond donors (Lipinski definition) is 1. The molecule has 0 aromatic rings. The van der Waals surface area contributed by atoms with E-state index in [-0.39, 0.29) is 11.7 Å². The molecule has 1 saturated heterocycles. The first-order valence-electron chi connectivity index (χ1n) is 7.08. The number of aliphatic hydroxyl groups is 1. The molecule has 2 fully saturated rings. The molecule has 100 valence electrons. The number of hydrogen-bond acceptors (Lipinski definition) is 3. The fourth-order valence-corrected chi connectivity index (χ4v) is 3.36. The van der Waals surface area contributed by atoms with E-state index < -0.39 is 0 Å². The standard InChI is InChI=1S/C14H27NO2/c1-14(17-2)8-5-9-15(11-14)10-12-6-3-4-7-13(12)16/h12-13,16H,3-11H2,1-2H3. The predicted molar refractivity (Wildman–Crippen MR) is 69.1 cm³/mol. The zero-order valence-corrected chi connectivity index (χ0v) is 11.3. The first-order valence-corrected chi connectivity index (χ1v) is 7.08. The van der Waals surface area contributed by atoms with Crippen LogP contribution < -0.4 is 0 Å². The molecule has 1 aliphatic heterocycles. The summed E-state index contributed by atoms with van der Waals surface area (Å²) in [6.07, 6.45) is 6.99. The number of likely N-dealkylation sites (tertiary alicyclic amines) is 1. The number of rotatable bonds is 3. The Morgan fingerprint density at radius 2 is 2.06 bits per heavy atom. The van der Waals surface area contributed by atoms with Crippen LogP contribution in [0.15, 0.2) is 0 Å². The van der Waals surface area contributed by atoms with Gasteiger partial charge in [-0.15, -0.1) is 0 Å². The normalized spacial score (nSPS) is 40.4. The van der Waals surface area contributed by atoms with Crippen molar-refractivity contribution in [1.82, 2.24) is 4.90 Å². The lowest BCUT2D eigenvalue weighted by Crippen LogP contribution is -2.50. The Kier molecular flexibility index (Phi) is 4.45. The predicted octanol–water partition coefficient (Wildman–Crippen LogP) is 2.04. The van der Waals surface area contributed by atoms with Crippen molar-refractivity contribution < 1.29 is 9.84 Å². The van der Waals surface area contributed by atoms with E-state index in [0.29, 0.717) is 5.92 Å². The van der Waals surface area contributed by atoms with Crippen LogP contribution in [0.1, 0.15) is 45.4 Å². The summed E-state index contributed by atoms with van der Waals surface area (Å²) in [4.78, 5) is 2.49. The molecule has 0 bridgehead atoms. The SMILES string of the molecule is COC1(C)CCCN(CC2CCCCC2O)C1. The van der Waals surface area contributed by atoms with Gasteiger partial charge in [-0.25, -0.2) is 0 Å². The van der Waals surface area contributed by atoms with Gasteiger partial charge in [0.25, 0.3) is 0 Å². The number of nitrogens with zero attached hydrogens (tertiary/aromatic N) is 1. The first-order chi connectivity index (χ1) is 8.13. The topological polar surface area (TPSA) is 32.7 Å². The fourth-order valence-electron chi connectivity index (χ4n) is 3.36. The Labute approximate surface area is 105 Å². The molecule has 0 radical (unpaired) electrons. The van der Waals surface area contributed by atoms with Crippen molar-refractivity contribution in [3.63, 3.8) is 0 Å². The molecule has 0 spiro atoms. The van der Waals surface area contributed by atoms with E-state index in [1.807, 2.05) is 7.11 Å². The average Bonchev–Trinajstić information content (AvgIpc) is 2.32. The average molecular weight is 241 g/mol. The molecule has 0 aromatic carbocycles. The van der Waals surface area contributed by atoms with Crippen LogP contribution in [0.3, 0.4) is 0 Å². The summed E-state index contributed by atoms with van der Waals surface area (Å²) < 4.78 is 5.62. The third-order valence-electron chi connectivity index (χ3n) is 4.59. The highest BCUT2D eigenvalue weighted by atomic mass is 16.5. The Balaban J connectivity index is 1.85. The maximum atomic E-state index is 10.0. The van der Waals surface area contributed by atoms with Gasteiger partial charge in [0.05, 0.1) is 11.7 Å². The van der Waals surface area contributed by atoms with E-state index in [1.165, 1.54) is 32.2 Å². The zero-order valence-electron chi connectivity index (χ0n) is 11.3. The first kappa shape index (κ1) is 13.3. The van der Waals surface area contributed by atoms with Crippen molar-refractivity contribution in [3.05, 3.63) is 0 Å². The Morgan fingerprint density at radius 3 is 2.76 bits per heavy atom. The molecule has 0 aromatic heterocycles. The lowest BCUT2D eigenvalue weighted by atomic mass is 9.85. The molecule has 1 heterocycles. The lowest BCUT2D eigenvalue weighted by molar-refractivity contribution is -0.0608. The van der Waals surface area contributed by atoms with E-state index in [1.54, 1.807) is 0 Å². The van der Waals surface area contributed by atoms with Gasteiger partial charge in [0.2, 0.25) is 0 Å². The van der Waals surface area contributed by atoms with Gasteiger partial charge < -0.3 is 14.7 Å². The third kappa shape index (κ3) is 3.43. The molecule has 1 aliphatic carbocycles. The Morgan fingerprint density at radius 1 is 1.29 bits per heavy atom. The van der Waals surface area contributed by atoms with Crippen molar-refractivity contribution in [2.45, 2.75) is 57.2 Å². The minimum atomic E-state index is -0.0699. The van der Waals surface area contributed by atoms with E-state index >= 15 is 0 Å². The highest BCUT2D eigenvalue weighted by molar-refractivity contribution is 4.87. The van der Waals surface area contributed by atoms with Gasteiger partial charge in [0.1, 0.15) is 0 Å². The lowest BCUT2D eigenvalue weighted by Gasteiger charge is -2.42. The summed E-state index contributed by atoms with van der Waals surface area (Å²) in [7, 11) is 1.82. The maximum absolute atomic E-state index is 10.0. The van der Waals surface area contributed by atoms with Gasteiger partial charge in [-0.2, -0.15) is 0 Å². The molecule has 1 saturated carbocycles. The number of aliphatic hydroxyl groups excluding tert-OH is 1. The van der Waals surface area contributed by atoms with Gasteiger partial charge >= 0.3 is 0 Å². The van der Waals surface area contributed by atoms with E-state index in [9.17, 15) is 5.11 Å². The Hall–Kier alpha value is -0.120. The summed E-state index contributed by atoms with van der Waals surface area (Å²) in [6, 6.07) is 0. The molecule has 3 atom stereocenters. The van der Waals surface area contributed by atoms with Crippen LogP contribution in [0.4, 0.5) is 0 Å². The van der Waals surface area contributed by atoms with Crippen LogP contribution in [0.2, 0.25) is 0 Å². The summed E-state index contributed by atoms with van der Waals surface area (Å²) in [5.41, 5.74) is 0.0257. The van der Waals surface area contributed by atoms with Gasteiger partial charge in [0, 0.05) is 20.2 Å². The minimum Gasteiger partial charge on any atom is -0.393 e. The summed E-state index contributed by atoms with van der Waals surface area (Å²) in [6.45, 7) is 5.45. The largest absolute Gasteiger partial charge is 0.393 e. The summed E-state index contributed by atoms with van der Waals surface area (Å²) in [5, 5.41) is 10.0. The molecule has 1 N–H and O–H groups in total. The number of methoxy groups -OCH3 is 1. The van der Waals surface area contributed by atoms with Crippen molar-refractivity contribution in [1.29, 1.82) is 0 Å². The maximum Gasteiger partial charge on any atom is 0.0777 e. The van der Waals surface area contributed by atoms with E-state index in [0.717, 1.165) is 25.9 Å². The molecule has 2 rings (SSSR count). The summed E-state index contributed by atoms with van der Waals surface area (Å²) in [5.74, 6) is 0.489. The monoisotopic (exact) mass is 241 g/mol. The fraction of sp³-hybridized carbons (Fsp3) is 1.00. The van der Waals surface area contributed by atoms with E-state index in [2.05, 4.69) is 11.8 Å². The highest BCUT2D eigenvalue weighted by Gasteiger charge is 2.33. The van der Waals surface area contributed by atoms with Crippen molar-refractivity contribution in [3.8, 4) is 0 Å². The molecule has 17 heavy (non-hydrogen) atoms. The molecular formula is C14H27NO2. The van der Waals surface area contributed by atoms with Crippen LogP contribution in [-0.4, -0.2) is 48.5 Å². The number of piperidine rings is 1. The van der Waals surface area contributed by atoms with Crippen molar-refractivity contribution in [2.75, 3.05) is 26.7 Å². The number of ether oxygens (including phenoxy) is 1. The van der Waals surface area contributed by atoms with Crippen LogP contribution >= 0.6 is 0 Å². The molecule has 3 unspecified atom stereocenters. The smallest absolute Gasteiger partial charge is 0.0777 e. The quantitative estimate of drug-likeness (QED) is 0.821. The van der Waals surface area contributed by atoms with Gasteiger partial charge in [-0.3, -0.25) is 0 Å². The van der Waals surface area contributed by atoms with Crippen LogP contribution in [0, 0.1) is 5.92 Å². The second kappa shape index (κ2) is 5.68. The van der Waals surface area contributed by atoms with E-state index in [4.69, 9.17) is 4.74 Å². The van der Waals surface area contributed by atoms with Gasteiger partial charge in [0.15, 0.2) is 0 Å². The van der Waals surface area contributed by atoms with Crippen LogP contribution in [-0.2, 0) is 4.74 Å². The van der Waals surface area contributed by atoms with Crippen LogP contribution in [0.5, 0.6) is 0 Å². The Bertz CT molecular complexity index is 246. The second-order valence-electron chi connectivity index (χ2n) is 6.10. The molecule has 2 aliphatic rings. The van der Waals surface area contributed by atoms with Crippen LogP contribution in [0.25, 0.3) is 0 Å².